The van der Waals surface area contributed by atoms with Crippen molar-refractivity contribution < 1.29 is 24.4 Å². The third kappa shape index (κ3) is 3.80. The number of ether oxygens (including phenoxy) is 1. The van der Waals surface area contributed by atoms with E-state index >= 15 is 0 Å². The predicted octanol–water partition coefficient (Wildman–Crippen LogP) is 2.25. The molecule has 0 fully saturated rings. The van der Waals surface area contributed by atoms with E-state index < -0.39 is 22.8 Å². The highest BCUT2D eigenvalue weighted by Gasteiger charge is 2.37. The number of nitro groups is 1. The lowest BCUT2D eigenvalue weighted by molar-refractivity contribution is -0.384. The van der Waals surface area contributed by atoms with Crippen molar-refractivity contribution in [3.05, 3.63) is 68.8 Å². The van der Waals surface area contributed by atoms with Gasteiger partial charge in [0.05, 0.1) is 22.6 Å². The minimum Gasteiger partial charge on any atom is -0.491 e. The summed E-state index contributed by atoms with van der Waals surface area (Å²) in [5, 5.41) is 21.0. The first-order chi connectivity index (χ1) is 12.8. The van der Waals surface area contributed by atoms with E-state index in [0.29, 0.717) is 5.75 Å². The normalized spacial score (nSPS) is 14.3. The van der Waals surface area contributed by atoms with Crippen LogP contribution in [0.1, 0.15) is 31.8 Å². The van der Waals surface area contributed by atoms with Gasteiger partial charge < -0.3 is 9.84 Å². The highest BCUT2D eigenvalue weighted by atomic mass is 16.6. The van der Waals surface area contributed by atoms with E-state index in [9.17, 15) is 24.8 Å². The molecule has 2 aromatic carbocycles. The molecular weight excluding hydrogens is 352 g/mol. The molecule has 0 unspecified atom stereocenters. The minimum absolute atomic E-state index is 0.0309. The van der Waals surface area contributed by atoms with Crippen molar-refractivity contribution >= 4 is 17.5 Å². The predicted molar refractivity (Wildman–Crippen MR) is 95.9 cm³/mol. The van der Waals surface area contributed by atoms with Crippen molar-refractivity contribution in [2.45, 2.75) is 20.0 Å². The number of nitrogens with zero attached hydrogens (tertiary/aromatic N) is 2. The molecule has 140 valence electrons. The molecule has 2 amide bonds. The number of aryl methyl sites for hydroxylation is 2. The van der Waals surface area contributed by atoms with Gasteiger partial charge in [0.1, 0.15) is 18.5 Å². The number of amides is 2. The van der Waals surface area contributed by atoms with Crippen LogP contribution in [0.3, 0.4) is 0 Å². The van der Waals surface area contributed by atoms with Gasteiger partial charge in [-0.15, -0.1) is 0 Å². The van der Waals surface area contributed by atoms with E-state index in [1.807, 2.05) is 32.0 Å². The first-order valence-corrected chi connectivity index (χ1v) is 8.30. The number of aliphatic hydroxyl groups excluding tert-OH is 1. The van der Waals surface area contributed by atoms with Crippen LogP contribution in [-0.2, 0) is 0 Å². The first-order valence-electron chi connectivity index (χ1n) is 8.30. The lowest BCUT2D eigenvalue weighted by Crippen LogP contribution is -2.39. The molecule has 2 aromatic rings. The first kappa shape index (κ1) is 18.5. The van der Waals surface area contributed by atoms with Gasteiger partial charge in [0.25, 0.3) is 17.5 Å². The molecule has 0 aromatic heterocycles. The number of hydrogen-bond donors (Lipinski definition) is 1. The number of carbonyl (C=O) groups is 2. The third-order valence-corrected chi connectivity index (χ3v) is 4.20. The SMILES string of the molecule is Cc1cc(C)cc(OC[C@@H](O)CN2C(=O)c3ccc([N+](=O)[O-])cc3C2=O)c1. The lowest BCUT2D eigenvalue weighted by atomic mass is 10.1. The Morgan fingerprint density at radius 3 is 2.33 bits per heavy atom. The summed E-state index contributed by atoms with van der Waals surface area (Å²) in [6.45, 7) is 3.49. The molecule has 1 atom stereocenters. The van der Waals surface area contributed by atoms with Gasteiger partial charge in [-0.1, -0.05) is 6.07 Å². The molecule has 0 aliphatic carbocycles. The summed E-state index contributed by atoms with van der Waals surface area (Å²) >= 11 is 0. The summed E-state index contributed by atoms with van der Waals surface area (Å²) in [5.41, 5.74) is 1.82. The van der Waals surface area contributed by atoms with Crippen LogP contribution in [-0.4, -0.2) is 46.0 Å². The van der Waals surface area contributed by atoms with Gasteiger partial charge in [0, 0.05) is 12.1 Å². The third-order valence-electron chi connectivity index (χ3n) is 4.20. The van der Waals surface area contributed by atoms with Gasteiger partial charge in [-0.3, -0.25) is 24.6 Å². The summed E-state index contributed by atoms with van der Waals surface area (Å²) in [7, 11) is 0. The average molecular weight is 370 g/mol. The Morgan fingerprint density at radius 1 is 1.07 bits per heavy atom. The number of hydrogen-bond acceptors (Lipinski definition) is 6. The number of β-amino-alcohol motifs (C(OH)–C–C–N with tert-alkyl or cyclic N) is 1. The number of rotatable bonds is 6. The Balaban J connectivity index is 1.67. The highest BCUT2D eigenvalue weighted by Crippen LogP contribution is 2.27. The smallest absolute Gasteiger partial charge is 0.270 e. The standard InChI is InChI=1S/C19H18N2O6/c1-11-5-12(2)7-15(6-11)27-10-14(22)9-20-18(23)16-4-3-13(21(25)26)8-17(16)19(20)24/h3-8,14,22H,9-10H2,1-2H3/t14-/m0/s1. The van der Waals surface area contributed by atoms with Gasteiger partial charge in [0.2, 0.25) is 0 Å². The van der Waals surface area contributed by atoms with Gasteiger partial charge in [-0.05, 0) is 43.2 Å². The van der Waals surface area contributed by atoms with Gasteiger partial charge in [0.15, 0.2) is 0 Å². The summed E-state index contributed by atoms with van der Waals surface area (Å²) in [6.07, 6.45) is -1.09. The molecule has 3 rings (SSSR count). The minimum atomic E-state index is -1.09. The zero-order valence-corrected chi connectivity index (χ0v) is 14.8. The molecule has 1 aliphatic heterocycles. The summed E-state index contributed by atoms with van der Waals surface area (Å²) in [6, 6.07) is 9.14. The molecule has 8 heteroatoms. The van der Waals surface area contributed by atoms with Crippen LogP contribution in [0, 0.1) is 24.0 Å². The Kier molecular flexibility index (Phi) is 4.91. The van der Waals surface area contributed by atoms with Crippen LogP contribution >= 0.6 is 0 Å². The Bertz CT molecular complexity index is 920. The fourth-order valence-corrected chi connectivity index (χ4v) is 3.03. The second kappa shape index (κ2) is 7.16. The second-order valence-corrected chi connectivity index (χ2v) is 6.50. The number of non-ortho nitro benzene ring substituents is 1. The number of fused-ring (bicyclic) bond motifs is 1. The summed E-state index contributed by atoms with van der Waals surface area (Å²) < 4.78 is 5.55. The summed E-state index contributed by atoms with van der Waals surface area (Å²) in [5.74, 6) is -0.663. The molecule has 27 heavy (non-hydrogen) atoms. The molecule has 0 spiro atoms. The van der Waals surface area contributed by atoms with Crippen molar-refractivity contribution in [1.29, 1.82) is 0 Å². The molecule has 0 radical (unpaired) electrons. The fourth-order valence-electron chi connectivity index (χ4n) is 3.03. The van der Waals surface area contributed by atoms with Crippen molar-refractivity contribution in [3.63, 3.8) is 0 Å². The Hall–Kier alpha value is -3.26. The van der Waals surface area contributed by atoms with Gasteiger partial charge >= 0.3 is 0 Å². The summed E-state index contributed by atoms with van der Waals surface area (Å²) in [4.78, 5) is 35.9. The average Bonchev–Trinajstić information content (AvgIpc) is 2.83. The monoisotopic (exact) mass is 370 g/mol. The number of carbonyl (C=O) groups excluding carboxylic acids is 2. The maximum Gasteiger partial charge on any atom is 0.270 e. The molecule has 1 N–H and O–H groups in total. The van der Waals surface area contributed by atoms with Crippen LogP contribution in [0.25, 0.3) is 0 Å². The van der Waals surface area contributed by atoms with Gasteiger partial charge in [-0.2, -0.15) is 0 Å². The molecule has 0 bridgehead atoms. The number of nitro benzene ring substituents is 1. The van der Waals surface area contributed by atoms with Crippen LogP contribution in [0.5, 0.6) is 5.75 Å². The van der Waals surface area contributed by atoms with Crippen molar-refractivity contribution in [1.82, 2.24) is 4.90 Å². The van der Waals surface area contributed by atoms with E-state index in [1.54, 1.807) is 0 Å². The van der Waals surface area contributed by atoms with E-state index in [2.05, 4.69) is 0 Å². The van der Waals surface area contributed by atoms with Crippen LogP contribution < -0.4 is 4.74 Å². The van der Waals surface area contributed by atoms with E-state index in [0.717, 1.165) is 22.1 Å². The Morgan fingerprint density at radius 2 is 1.70 bits per heavy atom. The van der Waals surface area contributed by atoms with Crippen molar-refractivity contribution in [2.24, 2.45) is 0 Å². The number of aliphatic hydroxyl groups is 1. The zero-order chi connectivity index (χ0) is 19.7. The largest absolute Gasteiger partial charge is 0.491 e. The molecule has 1 aliphatic rings. The maximum atomic E-state index is 12.4. The van der Waals surface area contributed by atoms with E-state index in [-0.39, 0.29) is 30.0 Å². The molecule has 1 heterocycles. The van der Waals surface area contributed by atoms with Crippen LogP contribution in [0.2, 0.25) is 0 Å². The second-order valence-electron chi connectivity index (χ2n) is 6.50. The van der Waals surface area contributed by atoms with Crippen molar-refractivity contribution in [2.75, 3.05) is 13.2 Å². The maximum absolute atomic E-state index is 12.4. The molecular formula is C19H18N2O6. The Labute approximate surface area is 155 Å². The number of imide groups is 1. The van der Waals surface area contributed by atoms with Crippen LogP contribution in [0.4, 0.5) is 5.69 Å². The number of benzene rings is 2. The lowest BCUT2D eigenvalue weighted by Gasteiger charge is -2.19. The van der Waals surface area contributed by atoms with E-state index in [1.165, 1.54) is 12.1 Å². The molecule has 8 nitrogen and oxygen atoms in total. The highest BCUT2D eigenvalue weighted by molar-refractivity contribution is 6.21. The zero-order valence-electron chi connectivity index (χ0n) is 14.8. The van der Waals surface area contributed by atoms with Crippen LogP contribution in [0.15, 0.2) is 36.4 Å². The van der Waals surface area contributed by atoms with E-state index in [4.69, 9.17) is 4.74 Å². The molecule has 0 saturated heterocycles. The van der Waals surface area contributed by atoms with Gasteiger partial charge in [-0.25, -0.2) is 0 Å². The quantitative estimate of drug-likeness (QED) is 0.474. The fraction of sp³-hybridized carbons (Fsp3) is 0.263. The topological polar surface area (TPSA) is 110 Å². The van der Waals surface area contributed by atoms with Crippen molar-refractivity contribution in [3.8, 4) is 5.75 Å². The molecule has 0 saturated carbocycles.